The van der Waals surface area contributed by atoms with E-state index in [4.69, 9.17) is 15.3 Å². The average Bonchev–Trinajstić information content (AvgIpc) is 2.62. The number of hydrogen-bond donors (Lipinski definition) is 6. The molecular formula is C12H18O12. The summed E-state index contributed by atoms with van der Waals surface area (Å²) in [5.41, 5.74) is -2.92. The van der Waals surface area contributed by atoms with Crippen LogP contribution in [-0.2, 0) is 28.6 Å². The van der Waals surface area contributed by atoms with Gasteiger partial charge in [0.05, 0.1) is 26.4 Å². The highest BCUT2D eigenvalue weighted by atomic mass is 16.7. The third-order valence-corrected chi connectivity index (χ3v) is 3.26. The van der Waals surface area contributed by atoms with Crippen molar-refractivity contribution in [1.82, 2.24) is 0 Å². The Kier molecular flexibility index (Phi) is 7.01. The second-order valence-corrected chi connectivity index (χ2v) is 4.85. The van der Waals surface area contributed by atoms with Crippen LogP contribution in [0.4, 0.5) is 0 Å². The number of esters is 3. The van der Waals surface area contributed by atoms with Gasteiger partial charge in [0.25, 0.3) is 5.60 Å². The number of hydrogen-bond acceptors (Lipinski definition) is 12. The Morgan fingerprint density at radius 2 is 1.46 bits per heavy atom. The molecule has 0 aromatic heterocycles. The summed E-state index contributed by atoms with van der Waals surface area (Å²) in [4.78, 5) is 35.8. The Bertz CT molecular complexity index is 477. The molecule has 1 saturated heterocycles. The maximum Gasteiger partial charge on any atom is 0.356 e. The summed E-state index contributed by atoms with van der Waals surface area (Å²) < 4.78 is 13.7. The Morgan fingerprint density at radius 1 is 0.917 bits per heavy atom. The molecule has 12 nitrogen and oxygen atoms in total. The van der Waals surface area contributed by atoms with Gasteiger partial charge in [-0.15, -0.1) is 0 Å². The van der Waals surface area contributed by atoms with E-state index in [-0.39, 0.29) is 0 Å². The Balaban J connectivity index is 3.36. The molecule has 1 aliphatic heterocycles. The van der Waals surface area contributed by atoms with E-state index in [1.54, 1.807) is 0 Å². The zero-order chi connectivity index (χ0) is 18.5. The standard InChI is InChI=1S/C12H18O12/c13-1-5(17)8(18)12(4-16)11(21)23-6(2-14)9(19)22-7(3-15)10(20)24-12/h5-8,13-18H,1-4H2. The van der Waals surface area contributed by atoms with Crippen molar-refractivity contribution in [2.45, 2.75) is 30.0 Å². The summed E-state index contributed by atoms with van der Waals surface area (Å²) in [7, 11) is 0. The molecule has 0 aromatic carbocycles. The summed E-state index contributed by atoms with van der Waals surface area (Å²) >= 11 is 0. The molecule has 1 rings (SSSR count). The van der Waals surface area contributed by atoms with Gasteiger partial charge in [-0.3, -0.25) is 0 Å². The van der Waals surface area contributed by atoms with Gasteiger partial charge in [0.1, 0.15) is 12.2 Å². The molecule has 0 radical (unpaired) electrons. The number of aliphatic hydroxyl groups is 6. The molecule has 6 N–H and O–H groups in total. The van der Waals surface area contributed by atoms with Crippen molar-refractivity contribution in [3.63, 3.8) is 0 Å². The van der Waals surface area contributed by atoms with E-state index in [1.807, 2.05) is 0 Å². The first-order chi connectivity index (χ1) is 11.3. The number of carbonyl (C=O) groups excluding carboxylic acids is 3. The summed E-state index contributed by atoms with van der Waals surface area (Å²) in [5, 5.41) is 55.9. The minimum Gasteiger partial charge on any atom is -0.445 e. The van der Waals surface area contributed by atoms with Gasteiger partial charge in [-0.05, 0) is 0 Å². The smallest absolute Gasteiger partial charge is 0.356 e. The van der Waals surface area contributed by atoms with Crippen LogP contribution in [0.3, 0.4) is 0 Å². The van der Waals surface area contributed by atoms with Crippen molar-refractivity contribution in [2.75, 3.05) is 26.4 Å². The molecule has 0 saturated carbocycles. The van der Waals surface area contributed by atoms with Gasteiger partial charge in [-0.25, -0.2) is 14.4 Å². The highest BCUT2D eigenvalue weighted by molar-refractivity contribution is 5.90. The molecule has 5 atom stereocenters. The molecule has 1 heterocycles. The SMILES string of the molecule is O=C1OC(CO)(C(O)C(O)CO)C(=O)OC(CO)C(=O)OC1CO. The van der Waals surface area contributed by atoms with Crippen molar-refractivity contribution in [1.29, 1.82) is 0 Å². The molecule has 0 aliphatic carbocycles. The molecule has 138 valence electrons. The zero-order valence-electron chi connectivity index (χ0n) is 12.3. The topological polar surface area (TPSA) is 200 Å². The van der Waals surface area contributed by atoms with Gasteiger partial charge in [0.15, 0.2) is 0 Å². The lowest BCUT2D eigenvalue weighted by molar-refractivity contribution is -0.218. The number of ether oxygens (including phenoxy) is 3. The lowest BCUT2D eigenvalue weighted by atomic mass is 9.93. The van der Waals surface area contributed by atoms with E-state index in [1.165, 1.54) is 0 Å². The molecule has 12 heteroatoms. The van der Waals surface area contributed by atoms with Gasteiger partial charge in [0, 0.05) is 0 Å². The minimum absolute atomic E-state index is 1.07. The normalized spacial score (nSPS) is 31.0. The van der Waals surface area contributed by atoms with Crippen molar-refractivity contribution in [3.8, 4) is 0 Å². The first-order valence-electron chi connectivity index (χ1n) is 6.71. The monoisotopic (exact) mass is 354 g/mol. The molecule has 5 unspecified atom stereocenters. The second-order valence-electron chi connectivity index (χ2n) is 4.85. The molecular weight excluding hydrogens is 336 g/mol. The minimum atomic E-state index is -2.92. The van der Waals surface area contributed by atoms with Gasteiger partial charge in [-0.1, -0.05) is 0 Å². The van der Waals surface area contributed by atoms with E-state index in [0.717, 1.165) is 0 Å². The number of cyclic esters (lactones) is 3. The third kappa shape index (κ3) is 3.80. The number of aliphatic hydroxyl groups excluding tert-OH is 6. The fraction of sp³-hybridized carbons (Fsp3) is 0.750. The van der Waals surface area contributed by atoms with Crippen LogP contribution in [0.5, 0.6) is 0 Å². The van der Waals surface area contributed by atoms with Crippen molar-refractivity contribution < 1.29 is 59.2 Å². The van der Waals surface area contributed by atoms with E-state index in [9.17, 15) is 29.7 Å². The lowest BCUT2D eigenvalue weighted by Crippen LogP contribution is -2.62. The summed E-state index contributed by atoms with van der Waals surface area (Å²) in [6.45, 7) is -4.62. The maximum atomic E-state index is 12.2. The van der Waals surface area contributed by atoms with Crippen molar-refractivity contribution >= 4 is 17.9 Å². The highest BCUT2D eigenvalue weighted by Crippen LogP contribution is 2.25. The van der Waals surface area contributed by atoms with Gasteiger partial charge < -0.3 is 44.8 Å². The van der Waals surface area contributed by atoms with Crippen LogP contribution in [0.2, 0.25) is 0 Å². The van der Waals surface area contributed by atoms with Crippen molar-refractivity contribution in [2.24, 2.45) is 0 Å². The van der Waals surface area contributed by atoms with Crippen LogP contribution in [-0.4, -0.2) is 105 Å². The van der Waals surface area contributed by atoms with E-state index in [0.29, 0.717) is 0 Å². The molecule has 0 amide bonds. The molecule has 1 fully saturated rings. The Hall–Kier alpha value is -1.83. The van der Waals surface area contributed by atoms with Crippen LogP contribution in [0.25, 0.3) is 0 Å². The van der Waals surface area contributed by atoms with Gasteiger partial charge in [-0.2, -0.15) is 0 Å². The lowest BCUT2D eigenvalue weighted by Gasteiger charge is -2.35. The Morgan fingerprint density at radius 3 is 1.92 bits per heavy atom. The van der Waals surface area contributed by atoms with Gasteiger partial charge >= 0.3 is 17.9 Å². The number of rotatable bonds is 6. The first-order valence-corrected chi connectivity index (χ1v) is 6.71. The Labute approximate surface area is 134 Å². The van der Waals surface area contributed by atoms with Crippen LogP contribution in [0.1, 0.15) is 0 Å². The van der Waals surface area contributed by atoms with E-state index >= 15 is 0 Å². The van der Waals surface area contributed by atoms with Gasteiger partial charge in [0.2, 0.25) is 12.2 Å². The third-order valence-electron chi connectivity index (χ3n) is 3.26. The highest BCUT2D eigenvalue weighted by Gasteiger charge is 2.56. The van der Waals surface area contributed by atoms with Crippen LogP contribution in [0, 0.1) is 0 Å². The van der Waals surface area contributed by atoms with E-state index < -0.39 is 74.4 Å². The fourth-order valence-corrected chi connectivity index (χ4v) is 1.83. The summed E-state index contributed by atoms with van der Waals surface area (Å²) in [5.74, 6) is -4.58. The van der Waals surface area contributed by atoms with E-state index in [2.05, 4.69) is 14.2 Å². The number of carbonyl (C=O) groups is 3. The zero-order valence-corrected chi connectivity index (χ0v) is 12.3. The molecule has 24 heavy (non-hydrogen) atoms. The summed E-state index contributed by atoms with van der Waals surface area (Å²) in [6, 6.07) is 0. The largest absolute Gasteiger partial charge is 0.445 e. The average molecular weight is 354 g/mol. The predicted octanol–water partition coefficient (Wildman–Crippen LogP) is -5.20. The fourth-order valence-electron chi connectivity index (χ4n) is 1.83. The first kappa shape index (κ1) is 20.2. The maximum absolute atomic E-state index is 12.2. The molecule has 0 aromatic rings. The van der Waals surface area contributed by atoms with Crippen LogP contribution >= 0.6 is 0 Å². The molecule has 0 bridgehead atoms. The van der Waals surface area contributed by atoms with Crippen molar-refractivity contribution in [3.05, 3.63) is 0 Å². The molecule has 0 spiro atoms. The quantitative estimate of drug-likeness (QED) is 0.196. The van der Waals surface area contributed by atoms with Crippen LogP contribution < -0.4 is 0 Å². The molecule has 1 aliphatic rings. The summed E-state index contributed by atoms with van der Waals surface area (Å²) in [6.07, 6.45) is -8.26. The second kappa shape index (κ2) is 8.32. The predicted molar refractivity (Wildman–Crippen MR) is 68.9 cm³/mol. The van der Waals surface area contributed by atoms with Crippen LogP contribution in [0.15, 0.2) is 0 Å².